The topological polar surface area (TPSA) is 79.8 Å². The van der Waals surface area contributed by atoms with Crippen LogP contribution in [0.1, 0.15) is 6.92 Å². The number of amides is 1. The summed E-state index contributed by atoms with van der Waals surface area (Å²) in [5.41, 5.74) is -0.281. The maximum absolute atomic E-state index is 11.2. The lowest BCUT2D eigenvalue weighted by Gasteiger charge is -2.07. The second-order valence-corrected chi connectivity index (χ2v) is 4.05. The third kappa shape index (κ3) is 2.16. The zero-order valence-corrected chi connectivity index (χ0v) is 9.01. The summed E-state index contributed by atoms with van der Waals surface area (Å²) in [6, 6.07) is 0. The fourth-order valence-corrected chi connectivity index (χ4v) is 1.73. The highest BCUT2D eigenvalue weighted by molar-refractivity contribution is 8.00. The number of thioether (sulfide) groups is 1. The molecule has 0 unspecified atom stereocenters. The summed E-state index contributed by atoms with van der Waals surface area (Å²) in [5, 5.41) is 8.85. The Morgan fingerprint density at radius 3 is 2.79 bits per heavy atom. The molecule has 1 aromatic rings. The van der Waals surface area contributed by atoms with E-state index < -0.39 is 0 Å². The van der Waals surface area contributed by atoms with Crippen LogP contribution in [0.15, 0.2) is 9.95 Å². The molecule has 1 aromatic heterocycles. The molecule has 14 heavy (non-hydrogen) atoms. The molecule has 0 saturated heterocycles. The lowest BCUT2D eigenvalue weighted by Crippen LogP contribution is -2.27. The first-order valence-electron chi connectivity index (χ1n) is 4.06. The Hall–Kier alpha value is -1.24. The highest BCUT2D eigenvalue weighted by Gasteiger charge is 2.16. The molecule has 0 aliphatic heterocycles. The minimum absolute atomic E-state index is 0.0922. The summed E-state index contributed by atoms with van der Waals surface area (Å²) in [4.78, 5) is 22.2. The van der Waals surface area contributed by atoms with Crippen LogP contribution in [0, 0.1) is 0 Å². The van der Waals surface area contributed by atoms with Gasteiger partial charge in [0.2, 0.25) is 5.91 Å². The Balaban J connectivity index is 2.74. The first kappa shape index (κ1) is 10.8. The number of nitrogens with one attached hydrogen (secondary N) is 2. The number of aromatic amines is 1. The Labute approximate surface area is 85.1 Å². The van der Waals surface area contributed by atoms with Crippen LogP contribution in [0.5, 0.6) is 0 Å². The summed E-state index contributed by atoms with van der Waals surface area (Å²) in [6.07, 6.45) is 0. The van der Waals surface area contributed by atoms with Gasteiger partial charge in [-0.1, -0.05) is 11.8 Å². The van der Waals surface area contributed by atoms with Crippen molar-refractivity contribution in [1.29, 1.82) is 0 Å². The molecule has 78 valence electrons. The van der Waals surface area contributed by atoms with Gasteiger partial charge in [-0.2, -0.15) is 0 Å². The number of aromatic nitrogens is 3. The van der Waals surface area contributed by atoms with Crippen LogP contribution in [0.25, 0.3) is 0 Å². The van der Waals surface area contributed by atoms with Gasteiger partial charge in [-0.25, -0.2) is 9.89 Å². The van der Waals surface area contributed by atoms with E-state index in [0.717, 1.165) is 0 Å². The van der Waals surface area contributed by atoms with E-state index in [1.165, 1.54) is 16.3 Å². The molecule has 1 heterocycles. The van der Waals surface area contributed by atoms with Crippen molar-refractivity contribution in [2.75, 3.05) is 7.05 Å². The van der Waals surface area contributed by atoms with Crippen molar-refractivity contribution in [3.05, 3.63) is 10.5 Å². The fourth-order valence-electron chi connectivity index (χ4n) is 0.853. The number of H-pyrrole nitrogens is 1. The van der Waals surface area contributed by atoms with Crippen LogP contribution in [-0.2, 0) is 11.8 Å². The van der Waals surface area contributed by atoms with Gasteiger partial charge in [-0.15, -0.1) is 5.10 Å². The number of carbonyl (C=O) groups excluding carboxylic acids is 1. The van der Waals surface area contributed by atoms with Crippen molar-refractivity contribution in [2.24, 2.45) is 7.05 Å². The predicted molar refractivity (Wildman–Crippen MR) is 53.2 cm³/mol. The molecule has 0 spiro atoms. The van der Waals surface area contributed by atoms with Crippen LogP contribution in [0.4, 0.5) is 0 Å². The van der Waals surface area contributed by atoms with Crippen molar-refractivity contribution >= 4 is 17.7 Å². The zero-order chi connectivity index (χ0) is 10.7. The lowest BCUT2D eigenvalue weighted by molar-refractivity contribution is -0.119. The SMILES string of the molecule is CNC(=O)[C@@H](C)Sc1n[nH]c(=O)n1C. The van der Waals surface area contributed by atoms with Crippen molar-refractivity contribution in [1.82, 2.24) is 20.1 Å². The van der Waals surface area contributed by atoms with Gasteiger partial charge < -0.3 is 5.32 Å². The molecule has 7 heteroatoms. The quantitative estimate of drug-likeness (QED) is 0.657. The van der Waals surface area contributed by atoms with Gasteiger partial charge in [0.15, 0.2) is 5.16 Å². The van der Waals surface area contributed by atoms with E-state index in [4.69, 9.17) is 0 Å². The van der Waals surface area contributed by atoms with Crippen molar-refractivity contribution in [3.63, 3.8) is 0 Å². The average Bonchev–Trinajstić information content (AvgIpc) is 2.48. The highest BCUT2D eigenvalue weighted by Crippen LogP contribution is 2.18. The molecule has 0 bridgehead atoms. The normalized spacial score (nSPS) is 12.5. The largest absolute Gasteiger partial charge is 0.358 e. The summed E-state index contributed by atoms with van der Waals surface area (Å²) in [5.74, 6) is -0.0922. The fraction of sp³-hybridized carbons (Fsp3) is 0.571. The molecule has 1 rings (SSSR count). The van der Waals surface area contributed by atoms with Gasteiger partial charge in [-0.3, -0.25) is 9.36 Å². The molecule has 0 radical (unpaired) electrons. The van der Waals surface area contributed by atoms with E-state index in [2.05, 4.69) is 15.5 Å². The maximum atomic E-state index is 11.2. The lowest BCUT2D eigenvalue weighted by atomic mass is 10.4. The summed E-state index contributed by atoms with van der Waals surface area (Å²) >= 11 is 1.23. The van der Waals surface area contributed by atoms with Crippen LogP contribution in [0.2, 0.25) is 0 Å². The van der Waals surface area contributed by atoms with Crippen LogP contribution < -0.4 is 11.0 Å². The number of rotatable bonds is 3. The third-order valence-corrected chi connectivity index (χ3v) is 2.88. The van der Waals surface area contributed by atoms with E-state index in [-0.39, 0.29) is 16.8 Å². The first-order chi connectivity index (χ1) is 6.56. The smallest absolute Gasteiger partial charge is 0.343 e. The Kier molecular flexibility index (Phi) is 3.34. The van der Waals surface area contributed by atoms with Gasteiger partial charge in [-0.05, 0) is 6.92 Å². The minimum atomic E-state index is -0.281. The molecule has 0 fully saturated rings. The monoisotopic (exact) mass is 216 g/mol. The van der Waals surface area contributed by atoms with Gasteiger partial charge in [0.05, 0.1) is 5.25 Å². The molecule has 0 saturated carbocycles. The number of hydrogen-bond donors (Lipinski definition) is 2. The standard InChI is InChI=1S/C7H12N4O2S/c1-4(5(12)8-2)14-7-10-9-6(13)11(7)3/h4H,1-3H3,(H,8,12)(H,9,13)/t4-/m1/s1. The second-order valence-electron chi connectivity index (χ2n) is 2.74. The van der Waals surface area contributed by atoms with Crippen LogP contribution in [-0.4, -0.2) is 33.0 Å². The van der Waals surface area contributed by atoms with Crippen LogP contribution in [0.3, 0.4) is 0 Å². The van der Waals surface area contributed by atoms with Crippen LogP contribution >= 0.6 is 11.8 Å². The molecule has 6 nitrogen and oxygen atoms in total. The molecular weight excluding hydrogens is 204 g/mol. The molecule has 0 aromatic carbocycles. The third-order valence-electron chi connectivity index (χ3n) is 1.74. The highest BCUT2D eigenvalue weighted by atomic mass is 32.2. The Morgan fingerprint density at radius 1 is 1.71 bits per heavy atom. The Morgan fingerprint density at radius 2 is 2.36 bits per heavy atom. The predicted octanol–water partition coefficient (Wildman–Crippen LogP) is -0.665. The van der Waals surface area contributed by atoms with E-state index in [0.29, 0.717) is 5.16 Å². The van der Waals surface area contributed by atoms with Crippen molar-refractivity contribution < 1.29 is 4.79 Å². The van der Waals surface area contributed by atoms with E-state index in [1.807, 2.05) is 0 Å². The number of nitrogens with zero attached hydrogens (tertiary/aromatic N) is 2. The molecule has 0 aliphatic carbocycles. The van der Waals surface area contributed by atoms with Gasteiger partial charge in [0, 0.05) is 14.1 Å². The second kappa shape index (κ2) is 4.32. The summed E-state index contributed by atoms with van der Waals surface area (Å²) in [7, 11) is 3.17. The number of hydrogen-bond acceptors (Lipinski definition) is 4. The van der Waals surface area contributed by atoms with E-state index >= 15 is 0 Å². The maximum Gasteiger partial charge on any atom is 0.343 e. The molecule has 2 N–H and O–H groups in total. The van der Waals surface area contributed by atoms with E-state index in [9.17, 15) is 9.59 Å². The van der Waals surface area contributed by atoms with Gasteiger partial charge in [0.25, 0.3) is 0 Å². The van der Waals surface area contributed by atoms with Crippen molar-refractivity contribution in [3.8, 4) is 0 Å². The van der Waals surface area contributed by atoms with Crippen molar-refractivity contribution in [2.45, 2.75) is 17.3 Å². The van der Waals surface area contributed by atoms with E-state index in [1.54, 1.807) is 21.0 Å². The molecular formula is C7H12N4O2S. The number of carbonyl (C=O) groups is 1. The average molecular weight is 216 g/mol. The minimum Gasteiger partial charge on any atom is -0.358 e. The molecule has 1 amide bonds. The first-order valence-corrected chi connectivity index (χ1v) is 4.94. The summed E-state index contributed by atoms with van der Waals surface area (Å²) < 4.78 is 1.37. The van der Waals surface area contributed by atoms with Gasteiger partial charge >= 0.3 is 5.69 Å². The molecule has 1 atom stereocenters. The Bertz CT molecular complexity index is 383. The van der Waals surface area contributed by atoms with Gasteiger partial charge in [0.1, 0.15) is 0 Å². The molecule has 0 aliphatic rings. The zero-order valence-electron chi connectivity index (χ0n) is 8.20. The summed E-state index contributed by atoms with van der Waals surface area (Å²) in [6.45, 7) is 1.75.